The van der Waals surface area contributed by atoms with Crippen molar-refractivity contribution in [3.63, 3.8) is 0 Å². The zero-order valence-corrected chi connectivity index (χ0v) is 6.66. The molecule has 0 aliphatic heterocycles. The molecule has 1 rings (SSSR count). The van der Waals surface area contributed by atoms with Crippen LogP contribution in [0.5, 0.6) is 5.88 Å². The van der Waals surface area contributed by atoms with Crippen molar-refractivity contribution in [2.24, 2.45) is 0 Å². The van der Waals surface area contributed by atoms with Crippen LogP contribution in [0.3, 0.4) is 0 Å². The molecule has 0 amide bonds. The maximum absolute atomic E-state index is 10.2. The maximum Gasteiger partial charge on any atom is 1.00 e. The molecule has 0 radical (unpaired) electrons. The first-order chi connectivity index (χ1) is 3.39. The molecule has 0 saturated heterocycles. The van der Waals surface area contributed by atoms with Crippen molar-refractivity contribution in [1.29, 1.82) is 0 Å². The van der Waals surface area contributed by atoms with Crippen LogP contribution in [0.4, 0.5) is 0 Å². The summed E-state index contributed by atoms with van der Waals surface area (Å²) in [7, 11) is 0. The molecule has 0 atom stereocenters. The molecule has 0 spiro atoms. The number of rotatable bonds is 0. The fourth-order valence-electron chi connectivity index (χ4n) is 0.347. The SMILES string of the molecule is [Na+].[O-]c1ccccn1. The van der Waals surface area contributed by atoms with E-state index in [1.165, 1.54) is 12.3 Å². The minimum atomic E-state index is -0.178. The Kier molecular flexibility index (Phi) is 3.87. The molecule has 0 saturated carbocycles. The fraction of sp³-hybridized carbons (Fsp3) is 0. The van der Waals surface area contributed by atoms with Gasteiger partial charge in [-0.1, -0.05) is 12.1 Å². The van der Waals surface area contributed by atoms with Gasteiger partial charge in [-0.15, -0.1) is 0 Å². The third kappa shape index (κ3) is 2.31. The van der Waals surface area contributed by atoms with E-state index >= 15 is 0 Å². The molecule has 1 heterocycles. The van der Waals surface area contributed by atoms with Crippen molar-refractivity contribution in [2.75, 3.05) is 0 Å². The van der Waals surface area contributed by atoms with Gasteiger partial charge in [0, 0.05) is 6.20 Å². The van der Waals surface area contributed by atoms with Crippen molar-refractivity contribution in [2.45, 2.75) is 0 Å². The van der Waals surface area contributed by atoms with E-state index < -0.39 is 0 Å². The van der Waals surface area contributed by atoms with Crippen molar-refractivity contribution in [3.05, 3.63) is 24.4 Å². The van der Waals surface area contributed by atoms with Crippen LogP contribution in [0.1, 0.15) is 0 Å². The molecule has 1 aromatic rings. The second-order valence-electron chi connectivity index (χ2n) is 1.17. The van der Waals surface area contributed by atoms with Gasteiger partial charge in [-0.25, -0.2) is 0 Å². The Morgan fingerprint density at radius 3 is 2.38 bits per heavy atom. The predicted octanol–water partition coefficient (Wildman–Crippen LogP) is -2.84. The summed E-state index contributed by atoms with van der Waals surface area (Å²) in [6.45, 7) is 0. The molecule has 0 aromatic carbocycles. The maximum atomic E-state index is 10.2. The smallest absolute Gasteiger partial charge is 0.859 e. The average molecular weight is 117 g/mol. The van der Waals surface area contributed by atoms with Crippen LogP contribution in [0, 0.1) is 0 Å². The van der Waals surface area contributed by atoms with Gasteiger partial charge in [0.15, 0.2) is 0 Å². The number of aromatic nitrogens is 1. The molecule has 0 bridgehead atoms. The third-order valence-corrected chi connectivity index (χ3v) is 0.638. The fourth-order valence-corrected chi connectivity index (χ4v) is 0.347. The third-order valence-electron chi connectivity index (χ3n) is 0.638. The summed E-state index contributed by atoms with van der Waals surface area (Å²) in [6.07, 6.45) is 1.47. The first-order valence-corrected chi connectivity index (χ1v) is 1.97. The molecule has 0 unspecified atom stereocenters. The van der Waals surface area contributed by atoms with Crippen molar-refractivity contribution < 1.29 is 34.7 Å². The van der Waals surface area contributed by atoms with E-state index in [-0.39, 0.29) is 35.4 Å². The summed E-state index contributed by atoms with van der Waals surface area (Å²) in [5.41, 5.74) is 0. The summed E-state index contributed by atoms with van der Waals surface area (Å²) in [5.74, 6) is -0.178. The number of nitrogens with zero attached hydrogens (tertiary/aromatic N) is 1. The van der Waals surface area contributed by atoms with Gasteiger partial charge in [-0.3, -0.25) is 4.98 Å². The van der Waals surface area contributed by atoms with Crippen LogP contribution in [0.15, 0.2) is 24.4 Å². The number of hydrogen-bond acceptors (Lipinski definition) is 2. The first kappa shape index (κ1) is 7.95. The van der Waals surface area contributed by atoms with Crippen molar-refractivity contribution in [1.82, 2.24) is 4.98 Å². The summed E-state index contributed by atoms with van der Waals surface area (Å²) < 4.78 is 0. The van der Waals surface area contributed by atoms with Crippen LogP contribution in [0.25, 0.3) is 0 Å². The van der Waals surface area contributed by atoms with Gasteiger partial charge in [-0.05, 0) is 11.9 Å². The Labute approximate surface area is 69.9 Å². The standard InChI is InChI=1S/C5H5NO.Na/c7-5-3-1-2-4-6-5;/h1-4H,(H,6,7);/q;+1/p-1. The van der Waals surface area contributed by atoms with Gasteiger partial charge in [0.25, 0.3) is 0 Å². The van der Waals surface area contributed by atoms with Crippen LogP contribution in [0.2, 0.25) is 0 Å². The Hall–Kier alpha value is -0.0500. The van der Waals surface area contributed by atoms with Crippen LogP contribution in [-0.4, -0.2) is 4.98 Å². The zero-order valence-electron chi connectivity index (χ0n) is 4.66. The topological polar surface area (TPSA) is 36.0 Å². The average Bonchev–Trinajstić information content (AvgIpc) is 1.69. The Morgan fingerprint density at radius 1 is 1.38 bits per heavy atom. The first-order valence-electron chi connectivity index (χ1n) is 1.97. The second kappa shape index (κ2) is 3.89. The van der Waals surface area contributed by atoms with Gasteiger partial charge in [0.2, 0.25) is 0 Å². The molecule has 0 fully saturated rings. The number of pyridine rings is 1. The monoisotopic (exact) mass is 117 g/mol. The summed E-state index contributed by atoms with van der Waals surface area (Å²) in [5, 5.41) is 10.2. The summed E-state index contributed by atoms with van der Waals surface area (Å²) in [4.78, 5) is 3.42. The predicted molar refractivity (Wildman–Crippen MR) is 23.7 cm³/mol. The van der Waals surface area contributed by atoms with Crippen molar-refractivity contribution in [3.8, 4) is 5.88 Å². The summed E-state index contributed by atoms with van der Waals surface area (Å²) in [6, 6.07) is 4.79. The van der Waals surface area contributed by atoms with E-state index in [2.05, 4.69) is 4.98 Å². The number of hydrogen-bond donors (Lipinski definition) is 0. The largest absolute Gasteiger partial charge is 1.00 e. The van der Waals surface area contributed by atoms with E-state index in [1.54, 1.807) is 12.1 Å². The molecule has 0 aliphatic carbocycles. The van der Waals surface area contributed by atoms with E-state index in [4.69, 9.17) is 0 Å². The van der Waals surface area contributed by atoms with Gasteiger partial charge < -0.3 is 5.11 Å². The summed E-state index contributed by atoms with van der Waals surface area (Å²) >= 11 is 0. The Balaban J connectivity index is 0.000000490. The van der Waals surface area contributed by atoms with E-state index in [9.17, 15) is 5.11 Å². The van der Waals surface area contributed by atoms with Crippen LogP contribution in [-0.2, 0) is 0 Å². The Bertz CT molecular complexity index is 142. The molecule has 3 heteroatoms. The molecule has 36 valence electrons. The molecule has 8 heavy (non-hydrogen) atoms. The molecule has 0 N–H and O–H groups in total. The quantitative estimate of drug-likeness (QED) is 0.343. The molecular weight excluding hydrogens is 113 g/mol. The van der Waals surface area contributed by atoms with E-state index in [0.29, 0.717) is 0 Å². The molecule has 1 aromatic heterocycles. The Morgan fingerprint density at radius 2 is 2.12 bits per heavy atom. The second-order valence-corrected chi connectivity index (χ2v) is 1.17. The van der Waals surface area contributed by atoms with Gasteiger partial charge in [0.1, 0.15) is 0 Å². The van der Waals surface area contributed by atoms with Gasteiger partial charge in [-0.2, -0.15) is 0 Å². The zero-order chi connectivity index (χ0) is 5.11. The van der Waals surface area contributed by atoms with Gasteiger partial charge >= 0.3 is 29.6 Å². The minimum Gasteiger partial charge on any atom is -0.859 e. The molecular formula is C5H4NNaO. The molecule has 2 nitrogen and oxygen atoms in total. The van der Waals surface area contributed by atoms with E-state index in [0.717, 1.165) is 0 Å². The molecule has 0 aliphatic rings. The van der Waals surface area contributed by atoms with E-state index in [1.807, 2.05) is 0 Å². The van der Waals surface area contributed by atoms with Crippen LogP contribution < -0.4 is 34.7 Å². The van der Waals surface area contributed by atoms with Gasteiger partial charge in [0.05, 0.1) is 0 Å². The minimum absolute atomic E-state index is 0. The van der Waals surface area contributed by atoms with Crippen LogP contribution >= 0.6 is 0 Å². The normalized spacial score (nSPS) is 7.50. The van der Waals surface area contributed by atoms with Crippen molar-refractivity contribution >= 4 is 0 Å².